The number of halogens is 1. The molecule has 1 aromatic heterocycles. The number of benzene rings is 1. The Balaban J connectivity index is 2.29. The maximum Gasteiger partial charge on any atom is 0.244 e. The van der Waals surface area contributed by atoms with Gasteiger partial charge in [-0.15, -0.1) is 0 Å². The minimum absolute atomic E-state index is 0.210. The summed E-state index contributed by atoms with van der Waals surface area (Å²) in [6.07, 6.45) is 0.980. The second-order valence-electron chi connectivity index (χ2n) is 4.35. The number of nitrogens with two attached hydrogens (primary N) is 1. The van der Waals surface area contributed by atoms with Gasteiger partial charge in [-0.1, -0.05) is 53.5 Å². The summed E-state index contributed by atoms with van der Waals surface area (Å²) in [7, 11) is 0. The molecule has 18 heavy (non-hydrogen) atoms. The molecule has 4 nitrogen and oxygen atoms in total. The molecule has 0 saturated heterocycles. The number of rotatable bonds is 4. The molecule has 2 aromatic rings. The Kier molecular flexibility index (Phi) is 4.14. The van der Waals surface area contributed by atoms with E-state index in [9.17, 15) is 0 Å². The Hall–Kier alpha value is -1.20. The standard InChI is InChI=1S/C13H16BrN3O/c1-3-8(2)11(15)13-16-12(17-18-13)9-6-4-5-7-10(9)14/h4-8,11H,3,15H2,1-2H3/t8?,11-/m0/s1. The Morgan fingerprint density at radius 1 is 1.39 bits per heavy atom. The monoisotopic (exact) mass is 309 g/mol. The molecular formula is C13H16BrN3O. The van der Waals surface area contributed by atoms with E-state index in [1.807, 2.05) is 24.3 Å². The molecule has 1 aromatic carbocycles. The van der Waals surface area contributed by atoms with Crippen LogP contribution in [0.3, 0.4) is 0 Å². The zero-order valence-corrected chi connectivity index (χ0v) is 12.0. The van der Waals surface area contributed by atoms with E-state index in [4.69, 9.17) is 10.3 Å². The number of hydrogen-bond donors (Lipinski definition) is 1. The van der Waals surface area contributed by atoms with Gasteiger partial charge in [0.05, 0.1) is 6.04 Å². The SMILES string of the molecule is CCC(C)[C@H](N)c1nc(-c2ccccc2Br)no1. The highest BCUT2D eigenvalue weighted by Gasteiger charge is 2.20. The van der Waals surface area contributed by atoms with Gasteiger partial charge in [0.2, 0.25) is 11.7 Å². The van der Waals surface area contributed by atoms with Crippen LogP contribution in [-0.2, 0) is 0 Å². The van der Waals surface area contributed by atoms with Gasteiger partial charge in [-0.25, -0.2) is 0 Å². The zero-order chi connectivity index (χ0) is 13.1. The molecule has 1 unspecified atom stereocenters. The number of aromatic nitrogens is 2. The fourth-order valence-electron chi connectivity index (χ4n) is 1.62. The molecule has 0 aliphatic heterocycles. The highest BCUT2D eigenvalue weighted by molar-refractivity contribution is 9.10. The second kappa shape index (κ2) is 5.63. The summed E-state index contributed by atoms with van der Waals surface area (Å²) in [5.41, 5.74) is 6.98. The molecule has 0 bridgehead atoms. The van der Waals surface area contributed by atoms with Gasteiger partial charge < -0.3 is 10.3 Å². The molecule has 0 aliphatic carbocycles. The first kappa shape index (κ1) is 13.2. The summed E-state index contributed by atoms with van der Waals surface area (Å²) in [5.74, 6) is 1.38. The molecular weight excluding hydrogens is 294 g/mol. The molecule has 0 radical (unpaired) electrons. The molecule has 0 amide bonds. The molecule has 0 aliphatic rings. The topological polar surface area (TPSA) is 64.9 Å². The molecule has 0 spiro atoms. The predicted molar refractivity (Wildman–Crippen MR) is 73.8 cm³/mol. The van der Waals surface area contributed by atoms with Crippen LogP contribution in [0.5, 0.6) is 0 Å². The van der Waals surface area contributed by atoms with Crippen molar-refractivity contribution in [3.05, 3.63) is 34.6 Å². The Labute approximate surface area is 115 Å². The van der Waals surface area contributed by atoms with Gasteiger partial charge in [-0.05, 0) is 18.1 Å². The lowest BCUT2D eigenvalue weighted by Gasteiger charge is -2.12. The zero-order valence-electron chi connectivity index (χ0n) is 10.4. The highest BCUT2D eigenvalue weighted by atomic mass is 79.9. The first-order chi connectivity index (χ1) is 8.63. The summed E-state index contributed by atoms with van der Waals surface area (Å²) in [6, 6.07) is 7.55. The first-order valence-electron chi connectivity index (χ1n) is 5.97. The Morgan fingerprint density at radius 3 is 2.78 bits per heavy atom. The van der Waals surface area contributed by atoms with E-state index < -0.39 is 0 Å². The summed E-state index contributed by atoms with van der Waals surface area (Å²) in [5, 5.41) is 3.99. The van der Waals surface area contributed by atoms with E-state index in [2.05, 4.69) is 39.9 Å². The van der Waals surface area contributed by atoms with E-state index in [0.717, 1.165) is 16.5 Å². The van der Waals surface area contributed by atoms with E-state index in [1.54, 1.807) is 0 Å². The van der Waals surface area contributed by atoms with Crippen LogP contribution in [0.25, 0.3) is 11.4 Å². The summed E-state index contributed by atoms with van der Waals surface area (Å²) >= 11 is 3.47. The smallest absolute Gasteiger partial charge is 0.244 e. The minimum atomic E-state index is -0.210. The van der Waals surface area contributed by atoms with Crippen molar-refractivity contribution in [3.63, 3.8) is 0 Å². The third-order valence-corrected chi connectivity index (χ3v) is 3.79. The summed E-state index contributed by atoms with van der Waals surface area (Å²) in [4.78, 5) is 4.38. The largest absolute Gasteiger partial charge is 0.337 e. The van der Waals surface area contributed by atoms with E-state index >= 15 is 0 Å². The molecule has 2 atom stereocenters. The summed E-state index contributed by atoms with van der Waals surface area (Å²) < 4.78 is 6.19. The quantitative estimate of drug-likeness (QED) is 0.938. The number of hydrogen-bond acceptors (Lipinski definition) is 4. The van der Waals surface area contributed by atoms with Crippen molar-refractivity contribution in [3.8, 4) is 11.4 Å². The van der Waals surface area contributed by atoms with E-state index in [1.165, 1.54) is 0 Å². The van der Waals surface area contributed by atoms with Crippen molar-refractivity contribution in [1.29, 1.82) is 0 Å². The Morgan fingerprint density at radius 2 is 2.11 bits per heavy atom. The van der Waals surface area contributed by atoms with Crippen LogP contribution in [0, 0.1) is 5.92 Å². The van der Waals surface area contributed by atoms with Gasteiger partial charge in [0.25, 0.3) is 0 Å². The van der Waals surface area contributed by atoms with Crippen LogP contribution in [0.15, 0.2) is 33.3 Å². The molecule has 2 rings (SSSR count). The molecule has 0 saturated carbocycles. The second-order valence-corrected chi connectivity index (χ2v) is 5.20. The van der Waals surface area contributed by atoms with Crippen LogP contribution in [0.2, 0.25) is 0 Å². The molecule has 96 valence electrons. The maximum atomic E-state index is 6.07. The van der Waals surface area contributed by atoms with Crippen LogP contribution in [0.4, 0.5) is 0 Å². The van der Waals surface area contributed by atoms with Gasteiger partial charge >= 0.3 is 0 Å². The normalized spacial score (nSPS) is 14.4. The molecule has 0 fully saturated rings. The average Bonchev–Trinajstić information content (AvgIpc) is 2.87. The molecule has 1 heterocycles. The number of nitrogens with zero attached hydrogens (tertiary/aromatic N) is 2. The minimum Gasteiger partial charge on any atom is -0.337 e. The van der Waals surface area contributed by atoms with Gasteiger partial charge in [0, 0.05) is 10.0 Å². The van der Waals surface area contributed by atoms with Crippen LogP contribution in [-0.4, -0.2) is 10.1 Å². The Bertz CT molecular complexity index is 526. The van der Waals surface area contributed by atoms with Gasteiger partial charge in [0.1, 0.15) is 0 Å². The lowest BCUT2D eigenvalue weighted by Crippen LogP contribution is -2.18. The molecule has 2 N–H and O–H groups in total. The predicted octanol–water partition coefficient (Wildman–Crippen LogP) is 3.55. The third kappa shape index (κ3) is 2.62. The van der Waals surface area contributed by atoms with Crippen LogP contribution in [0.1, 0.15) is 32.2 Å². The van der Waals surface area contributed by atoms with Gasteiger partial charge in [0.15, 0.2) is 0 Å². The highest BCUT2D eigenvalue weighted by Crippen LogP contribution is 2.27. The van der Waals surface area contributed by atoms with Crippen molar-refractivity contribution in [2.45, 2.75) is 26.3 Å². The van der Waals surface area contributed by atoms with Crippen molar-refractivity contribution in [1.82, 2.24) is 10.1 Å². The molecule has 5 heteroatoms. The van der Waals surface area contributed by atoms with Crippen LogP contribution < -0.4 is 5.73 Å². The lowest BCUT2D eigenvalue weighted by atomic mass is 10.0. The average molecular weight is 310 g/mol. The first-order valence-corrected chi connectivity index (χ1v) is 6.76. The fourth-order valence-corrected chi connectivity index (χ4v) is 2.08. The fraction of sp³-hybridized carbons (Fsp3) is 0.385. The van der Waals surface area contributed by atoms with Crippen LogP contribution >= 0.6 is 15.9 Å². The summed E-state index contributed by atoms with van der Waals surface area (Å²) in [6.45, 7) is 4.17. The van der Waals surface area contributed by atoms with Crippen molar-refractivity contribution >= 4 is 15.9 Å². The third-order valence-electron chi connectivity index (χ3n) is 3.10. The van der Waals surface area contributed by atoms with Gasteiger partial charge in [-0.3, -0.25) is 0 Å². The van der Waals surface area contributed by atoms with Crippen molar-refractivity contribution in [2.75, 3.05) is 0 Å². The lowest BCUT2D eigenvalue weighted by molar-refractivity contribution is 0.312. The van der Waals surface area contributed by atoms with Gasteiger partial charge in [-0.2, -0.15) is 4.98 Å². The van der Waals surface area contributed by atoms with E-state index in [-0.39, 0.29) is 6.04 Å². The van der Waals surface area contributed by atoms with Crippen molar-refractivity contribution < 1.29 is 4.52 Å². The van der Waals surface area contributed by atoms with Crippen molar-refractivity contribution in [2.24, 2.45) is 11.7 Å². The van der Waals surface area contributed by atoms with E-state index in [0.29, 0.717) is 17.6 Å². The maximum absolute atomic E-state index is 6.07.